The first-order chi connectivity index (χ1) is 15.8. The molecule has 1 N–H and O–H groups in total. The standard InChI is InChI=1S/C31H53NO3S/c1-22(20-27(2,3)4)31(14,26(33)35-30(11,12)13)32-36(15,34)24-18-16-23(17-19-24)25(29(8,9)10)21-28(5,6)7/h16-19,25H,1,15,20-21H2,2-14H3,(H,32,34). The van der Waals surface area contributed by atoms with Gasteiger partial charge >= 0.3 is 5.97 Å². The minimum atomic E-state index is -3.04. The Hall–Kier alpha value is -1.59. The third kappa shape index (κ3) is 9.70. The molecule has 0 bridgehead atoms. The lowest BCUT2D eigenvalue weighted by atomic mass is 9.69. The molecule has 206 valence electrons. The van der Waals surface area contributed by atoms with Crippen LogP contribution in [0.5, 0.6) is 0 Å². The second-order valence-electron chi connectivity index (χ2n) is 15.0. The van der Waals surface area contributed by atoms with Gasteiger partial charge in [-0.2, -0.15) is 0 Å². The molecule has 0 radical (unpaired) electrons. The number of nitrogens with one attached hydrogen (secondary N) is 1. The summed E-state index contributed by atoms with van der Waals surface area (Å²) in [6.45, 7) is 31.2. The van der Waals surface area contributed by atoms with Gasteiger partial charge in [0, 0.05) is 4.90 Å². The monoisotopic (exact) mass is 519 g/mol. The molecule has 1 aromatic rings. The summed E-state index contributed by atoms with van der Waals surface area (Å²) in [7, 11) is -3.04. The molecule has 0 aromatic heterocycles. The molecule has 1 rings (SSSR count). The Bertz CT molecular complexity index is 994. The van der Waals surface area contributed by atoms with E-state index in [0.29, 0.717) is 22.8 Å². The SMILES string of the molecule is C=C(CC(C)(C)C)C(C)(NS(=C)(=O)c1ccc(C(CC(C)(C)C)C(C)(C)C)cc1)C(=O)OC(C)(C)C. The maximum Gasteiger partial charge on any atom is 0.331 e. The Balaban J connectivity index is 3.43. The van der Waals surface area contributed by atoms with Crippen LogP contribution in [-0.4, -0.2) is 27.2 Å². The minimum Gasteiger partial charge on any atom is -0.458 e. The summed E-state index contributed by atoms with van der Waals surface area (Å²) in [4.78, 5) is 14.0. The van der Waals surface area contributed by atoms with Crippen LogP contribution in [0.2, 0.25) is 0 Å². The normalized spacial score (nSPS) is 17.6. The van der Waals surface area contributed by atoms with Gasteiger partial charge in [-0.05, 0) is 91.8 Å². The van der Waals surface area contributed by atoms with Crippen molar-refractivity contribution >= 4 is 21.5 Å². The molecule has 0 aliphatic heterocycles. The van der Waals surface area contributed by atoms with Crippen molar-refractivity contribution in [3.63, 3.8) is 0 Å². The molecule has 4 nitrogen and oxygen atoms in total. The zero-order valence-electron chi connectivity index (χ0n) is 25.3. The van der Waals surface area contributed by atoms with Crippen molar-refractivity contribution in [2.45, 2.75) is 125 Å². The van der Waals surface area contributed by atoms with Crippen LogP contribution in [0.1, 0.15) is 114 Å². The molecule has 0 aliphatic rings. The molecular weight excluding hydrogens is 466 g/mol. The molecule has 36 heavy (non-hydrogen) atoms. The van der Waals surface area contributed by atoms with Crippen LogP contribution < -0.4 is 4.72 Å². The van der Waals surface area contributed by atoms with Gasteiger partial charge in [-0.15, -0.1) is 0 Å². The van der Waals surface area contributed by atoms with Crippen molar-refractivity contribution in [1.82, 2.24) is 4.72 Å². The average Bonchev–Trinajstić information content (AvgIpc) is 2.61. The predicted octanol–water partition coefficient (Wildman–Crippen LogP) is 7.93. The third-order valence-corrected chi connectivity index (χ3v) is 7.92. The van der Waals surface area contributed by atoms with Gasteiger partial charge in [0.05, 0.1) is 9.71 Å². The highest BCUT2D eigenvalue weighted by Gasteiger charge is 2.43. The van der Waals surface area contributed by atoms with E-state index in [4.69, 9.17) is 4.74 Å². The minimum absolute atomic E-state index is 0.0822. The van der Waals surface area contributed by atoms with E-state index >= 15 is 0 Å². The number of carbonyl (C=O) groups excluding carboxylic acids is 1. The highest BCUT2D eigenvalue weighted by Crippen LogP contribution is 2.43. The molecule has 0 saturated heterocycles. The van der Waals surface area contributed by atoms with Crippen LogP contribution in [0.4, 0.5) is 0 Å². The quantitative estimate of drug-likeness (QED) is 0.215. The average molecular weight is 520 g/mol. The van der Waals surface area contributed by atoms with E-state index in [1.165, 1.54) is 5.56 Å². The Labute approximate surface area is 222 Å². The summed E-state index contributed by atoms with van der Waals surface area (Å²) in [5.41, 5.74) is -0.0714. The number of hydrogen-bond acceptors (Lipinski definition) is 3. The van der Waals surface area contributed by atoms with Crippen LogP contribution in [-0.2, 0) is 19.2 Å². The summed E-state index contributed by atoms with van der Waals surface area (Å²) < 4.78 is 22.8. The molecule has 0 heterocycles. The van der Waals surface area contributed by atoms with Gasteiger partial charge in [0.25, 0.3) is 0 Å². The van der Waals surface area contributed by atoms with E-state index in [-0.39, 0.29) is 16.2 Å². The second kappa shape index (κ2) is 10.6. The first-order valence-electron chi connectivity index (χ1n) is 12.9. The first kappa shape index (κ1) is 32.4. The van der Waals surface area contributed by atoms with Gasteiger partial charge in [0.1, 0.15) is 11.1 Å². The lowest BCUT2D eigenvalue weighted by molar-refractivity contribution is -0.160. The molecule has 0 amide bonds. The third-order valence-electron chi connectivity index (χ3n) is 6.15. The van der Waals surface area contributed by atoms with Gasteiger partial charge < -0.3 is 4.74 Å². The number of benzene rings is 1. The number of carbonyl (C=O) groups is 1. The van der Waals surface area contributed by atoms with Gasteiger partial charge in [0.15, 0.2) is 0 Å². The molecular formula is C31H53NO3S. The van der Waals surface area contributed by atoms with E-state index in [1.807, 2.05) is 32.9 Å². The van der Waals surface area contributed by atoms with E-state index in [9.17, 15) is 9.00 Å². The van der Waals surface area contributed by atoms with Crippen LogP contribution >= 0.6 is 0 Å². The Kier molecular flexibility index (Phi) is 9.59. The van der Waals surface area contributed by atoms with Gasteiger partial charge in [0.2, 0.25) is 0 Å². The predicted molar refractivity (Wildman–Crippen MR) is 157 cm³/mol. The Morgan fingerprint density at radius 2 is 1.36 bits per heavy atom. The molecule has 1 aromatic carbocycles. The summed E-state index contributed by atoms with van der Waals surface area (Å²) in [5.74, 6) is 3.88. The second-order valence-corrected chi connectivity index (χ2v) is 17.0. The lowest BCUT2D eigenvalue weighted by Crippen LogP contribution is -2.55. The fourth-order valence-electron chi connectivity index (χ4n) is 4.30. The van der Waals surface area contributed by atoms with Crippen molar-refractivity contribution in [2.75, 3.05) is 0 Å². The number of hydrogen-bond donors (Lipinski definition) is 1. The van der Waals surface area contributed by atoms with Crippen LogP contribution in [0.25, 0.3) is 0 Å². The zero-order valence-corrected chi connectivity index (χ0v) is 26.2. The van der Waals surface area contributed by atoms with Crippen molar-refractivity contribution in [3.8, 4) is 0 Å². The van der Waals surface area contributed by atoms with Crippen LogP contribution in [0.15, 0.2) is 41.3 Å². The highest BCUT2D eigenvalue weighted by atomic mass is 32.2. The van der Waals surface area contributed by atoms with Crippen molar-refractivity contribution in [2.24, 2.45) is 16.2 Å². The maximum atomic E-state index is 14.0. The Morgan fingerprint density at radius 1 is 0.889 bits per heavy atom. The van der Waals surface area contributed by atoms with Crippen molar-refractivity contribution < 1.29 is 13.7 Å². The van der Waals surface area contributed by atoms with E-state index in [1.54, 1.807) is 6.92 Å². The van der Waals surface area contributed by atoms with Crippen molar-refractivity contribution in [1.29, 1.82) is 0 Å². The van der Waals surface area contributed by atoms with Gasteiger partial charge in [-0.3, -0.25) is 0 Å². The van der Waals surface area contributed by atoms with E-state index in [0.717, 1.165) is 6.42 Å². The molecule has 0 fully saturated rings. The molecule has 0 saturated carbocycles. The largest absolute Gasteiger partial charge is 0.458 e. The fraction of sp³-hybridized carbons (Fsp3) is 0.677. The Morgan fingerprint density at radius 3 is 1.72 bits per heavy atom. The lowest BCUT2D eigenvalue weighted by Gasteiger charge is -2.37. The smallest absolute Gasteiger partial charge is 0.331 e. The topological polar surface area (TPSA) is 55.4 Å². The van der Waals surface area contributed by atoms with Crippen LogP contribution in [0, 0.1) is 16.2 Å². The summed E-state index contributed by atoms with van der Waals surface area (Å²) >= 11 is 0. The van der Waals surface area contributed by atoms with Gasteiger partial charge in [-0.25, -0.2) is 13.7 Å². The van der Waals surface area contributed by atoms with E-state index in [2.05, 4.69) is 91.6 Å². The summed E-state index contributed by atoms with van der Waals surface area (Å²) in [6, 6.07) is 7.86. The zero-order chi connectivity index (χ0) is 28.5. The number of ether oxygens (including phenoxy) is 1. The molecule has 0 aliphatic carbocycles. The molecule has 5 heteroatoms. The molecule has 0 spiro atoms. The van der Waals surface area contributed by atoms with Crippen LogP contribution in [0.3, 0.4) is 0 Å². The summed E-state index contributed by atoms with van der Waals surface area (Å²) in [5, 5.41) is 0. The highest BCUT2D eigenvalue weighted by molar-refractivity contribution is 7.98. The molecule has 3 atom stereocenters. The van der Waals surface area contributed by atoms with Gasteiger partial charge in [-0.1, -0.05) is 81.0 Å². The number of esters is 1. The van der Waals surface area contributed by atoms with E-state index < -0.39 is 26.8 Å². The maximum absolute atomic E-state index is 14.0. The first-order valence-corrected chi connectivity index (χ1v) is 14.7. The van der Waals surface area contributed by atoms with Crippen molar-refractivity contribution in [3.05, 3.63) is 42.0 Å². The number of rotatable bonds is 8. The molecule has 3 unspecified atom stereocenters. The summed E-state index contributed by atoms with van der Waals surface area (Å²) in [6.07, 6.45) is 1.60. The fourth-order valence-corrected chi connectivity index (χ4v) is 5.88.